The number of hydrogen-bond donors (Lipinski definition) is 1. The summed E-state index contributed by atoms with van der Waals surface area (Å²) in [5, 5.41) is 2.43. The highest BCUT2D eigenvalue weighted by molar-refractivity contribution is 6.04. The lowest BCUT2D eigenvalue weighted by molar-refractivity contribution is -0.137. The van der Waals surface area contributed by atoms with E-state index < -0.39 is 17.6 Å². The summed E-state index contributed by atoms with van der Waals surface area (Å²) in [5.41, 5.74) is 0.708. The third-order valence-electron chi connectivity index (χ3n) is 3.79. The van der Waals surface area contributed by atoms with Gasteiger partial charge in [-0.05, 0) is 42.5 Å². The molecule has 4 rings (SSSR count). The number of anilines is 1. The first-order valence-corrected chi connectivity index (χ1v) is 8.35. The number of rotatable bonds is 2. The van der Waals surface area contributed by atoms with Crippen molar-refractivity contribution >= 4 is 17.2 Å². The van der Waals surface area contributed by atoms with Crippen LogP contribution in [0, 0.1) is 0 Å². The molecule has 7 heteroatoms. The van der Waals surface area contributed by atoms with E-state index in [4.69, 9.17) is 0 Å². The predicted molar refractivity (Wildman–Crippen MR) is 101 cm³/mol. The zero-order valence-electron chi connectivity index (χ0n) is 14.6. The molecule has 0 saturated heterocycles. The smallest absolute Gasteiger partial charge is 0.322 e. The van der Waals surface area contributed by atoms with Gasteiger partial charge in [0.2, 0.25) is 0 Å². The van der Waals surface area contributed by atoms with Crippen LogP contribution in [0.2, 0.25) is 0 Å². The van der Waals surface area contributed by atoms with Crippen LogP contribution in [0.4, 0.5) is 18.9 Å². The van der Waals surface area contributed by atoms with Gasteiger partial charge in [-0.2, -0.15) is 13.2 Å². The number of imidazole rings is 1. The van der Waals surface area contributed by atoms with Gasteiger partial charge in [0.15, 0.2) is 0 Å². The maximum atomic E-state index is 12.5. The minimum atomic E-state index is -4.42. The Morgan fingerprint density at radius 2 is 1.64 bits per heavy atom. The van der Waals surface area contributed by atoms with Gasteiger partial charge in [0.05, 0.1) is 5.56 Å². The molecular weight excluding hydrogens is 367 g/mol. The highest BCUT2D eigenvalue weighted by Crippen LogP contribution is 2.30. The molecule has 1 amide bonds. The maximum absolute atomic E-state index is 12.5. The summed E-state index contributed by atoms with van der Waals surface area (Å²) in [5.74, 6) is -0.445. The molecule has 0 aliphatic carbocycles. The van der Waals surface area contributed by atoms with E-state index in [1.807, 2.05) is 35.0 Å². The normalized spacial score (nSPS) is 10.8. The standard InChI is InChI=1S/C14H10F3NO.C7H6N2/c15-14(16,17)11-7-4-8-12(9-11)18-13(19)10-5-2-1-3-6-10;1-2-5-9-6-4-8-7(9)3-1/h1-9H,(H,18,19);1-6H. The number of benzene rings is 2. The number of carbonyl (C=O) groups excluding carboxylic acids is 1. The molecule has 0 saturated carbocycles. The molecule has 0 aliphatic heterocycles. The zero-order chi connectivity index (χ0) is 20.0. The fourth-order valence-corrected chi connectivity index (χ4v) is 2.43. The minimum Gasteiger partial charge on any atom is -0.322 e. The first-order valence-electron chi connectivity index (χ1n) is 8.35. The van der Waals surface area contributed by atoms with Crippen molar-refractivity contribution in [2.45, 2.75) is 6.18 Å². The summed E-state index contributed by atoms with van der Waals surface area (Å²) < 4.78 is 39.5. The Labute approximate surface area is 159 Å². The number of alkyl halides is 3. The summed E-state index contributed by atoms with van der Waals surface area (Å²) in [4.78, 5) is 15.9. The lowest BCUT2D eigenvalue weighted by atomic mass is 10.1. The lowest BCUT2D eigenvalue weighted by Gasteiger charge is -2.09. The molecule has 0 unspecified atom stereocenters. The van der Waals surface area contributed by atoms with Crippen LogP contribution in [0.15, 0.2) is 91.4 Å². The van der Waals surface area contributed by atoms with Crippen LogP contribution in [0.1, 0.15) is 15.9 Å². The van der Waals surface area contributed by atoms with E-state index in [1.165, 1.54) is 12.1 Å². The number of nitrogens with zero attached hydrogens (tertiary/aromatic N) is 2. The average Bonchev–Trinajstić information content (AvgIpc) is 3.17. The fraction of sp³-hybridized carbons (Fsp3) is 0.0476. The van der Waals surface area contributed by atoms with Crippen LogP contribution in [0.25, 0.3) is 5.65 Å². The summed E-state index contributed by atoms with van der Waals surface area (Å²) in [6.07, 6.45) is 1.26. The number of nitrogens with one attached hydrogen (secondary N) is 1. The zero-order valence-corrected chi connectivity index (χ0v) is 14.6. The van der Waals surface area contributed by atoms with E-state index >= 15 is 0 Å². The number of aromatic nitrogens is 2. The Morgan fingerprint density at radius 3 is 2.36 bits per heavy atom. The van der Waals surface area contributed by atoms with Gasteiger partial charge < -0.3 is 9.72 Å². The van der Waals surface area contributed by atoms with Crippen LogP contribution in [0.3, 0.4) is 0 Å². The van der Waals surface area contributed by atoms with Crippen molar-refractivity contribution in [1.29, 1.82) is 0 Å². The highest BCUT2D eigenvalue weighted by Gasteiger charge is 2.30. The molecule has 1 N–H and O–H groups in total. The van der Waals surface area contributed by atoms with E-state index in [1.54, 1.807) is 36.5 Å². The van der Waals surface area contributed by atoms with Gasteiger partial charge in [-0.3, -0.25) is 4.79 Å². The Balaban J connectivity index is 0.000000206. The summed E-state index contributed by atoms with van der Waals surface area (Å²) in [6, 6.07) is 18.7. The molecule has 4 aromatic rings. The lowest BCUT2D eigenvalue weighted by Crippen LogP contribution is -2.12. The monoisotopic (exact) mass is 383 g/mol. The van der Waals surface area contributed by atoms with Crippen molar-refractivity contribution in [2.24, 2.45) is 0 Å². The molecule has 0 spiro atoms. The Morgan fingerprint density at radius 1 is 0.893 bits per heavy atom. The Bertz CT molecular complexity index is 1030. The SMILES string of the molecule is O=C(Nc1cccc(C(F)(F)F)c1)c1ccccc1.c1ccn2ccnc2c1. The first-order chi connectivity index (χ1) is 13.4. The van der Waals surface area contributed by atoms with Gasteiger partial charge in [-0.15, -0.1) is 0 Å². The second-order valence-electron chi connectivity index (χ2n) is 5.79. The van der Waals surface area contributed by atoms with E-state index in [2.05, 4.69) is 10.3 Å². The molecule has 2 aromatic carbocycles. The van der Waals surface area contributed by atoms with Gasteiger partial charge in [-0.25, -0.2) is 4.98 Å². The molecular formula is C21H16F3N3O. The van der Waals surface area contributed by atoms with Gasteiger partial charge in [-0.1, -0.05) is 30.3 Å². The van der Waals surface area contributed by atoms with Gasteiger partial charge in [0, 0.05) is 29.8 Å². The quantitative estimate of drug-likeness (QED) is 0.511. The average molecular weight is 383 g/mol. The van der Waals surface area contributed by atoms with Crippen molar-refractivity contribution in [1.82, 2.24) is 9.38 Å². The minimum absolute atomic E-state index is 0.115. The molecule has 142 valence electrons. The van der Waals surface area contributed by atoms with Gasteiger partial charge in [0.25, 0.3) is 5.91 Å². The van der Waals surface area contributed by atoms with Crippen LogP contribution >= 0.6 is 0 Å². The molecule has 0 aliphatic rings. The van der Waals surface area contributed by atoms with Crippen molar-refractivity contribution in [2.75, 3.05) is 5.32 Å². The van der Waals surface area contributed by atoms with Crippen LogP contribution < -0.4 is 5.32 Å². The molecule has 2 heterocycles. The van der Waals surface area contributed by atoms with E-state index in [9.17, 15) is 18.0 Å². The topological polar surface area (TPSA) is 46.4 Å². The molecule has 0 atom stereocenters. The molecule has 0 fully saturated rings. The Kier molecular flexibility index (Phi) is 5.74. The molecule has 4 nitrogen and oxygen atoms in total. The molecule has 2 aromatic heterocycles. The third-order valence-corrected chi connectivity index (χ3v) is 3.79. The number of fused-ring (bicyclic) bond motifs is 1. The predicted octanol–water partition coefficient (Wildman–Crippen LogP) is 5.29. The van der Waals surface area contributed by atoms with Gasteiger partial charge in [0.1, 0.15) is 5.65 Å². The van der Waals surface area contributed by atoms with Crippen molar-refractivity contribution in [3.8, 4) is 0 Å². The molecule has 28 heavy (non-hydrogen) atoms. The Hall–Kier alpha value is -3.61. The summed E-state index contributed by atoms with van der Waals surface area (Å²) >= 11 is 0. The maximum Gasteiger partial charge on any atom is 0.416 e. The number of amides is 1. The summed E-state index contributed by atoms with van der Waals surface area (Å²) in [7, 11) is 0. The van der Waals surface area contributed by atoms with E-state index in [-0.39, 0.29) is 5.69 Å². The van der Waals surface area contributed by atoms with Crippen LogP contribution in [0.5, 0.6) is 0 Å². The number of carbonyl (C=O) groups is 1. The van der Waals surface area contributed by atoms with E-state index in [0.717, 1.165) is 17.8 Å². The van der Waals surface area contributed by atoms with Crippen LogP contribution in [-0.2, 0) is 6.18 Å². The number of hydrogen-bond acceptors (Lipinski definition) is 2. The third kappa shape index (κ3) is 4.97. The van der Waals surface area contributed by atoms with Crippen LogP contribution in [-0.4, -0.2) is 15.3 Å². The first kappa shape index (κ1) is 19.2. The fourth-order valence-electron chi connectivity index (χ4n) is 2.43. The van der Waals surface area contributed by atoms with Crippen molar-refractivity contribution in [3.63, 3.8) is 0 Å². The van der Waals surface area contributed by atoms with E-state index in [0.29, 0.717) is 5.56 Å². The van der Waals surface area contributed by atoms with Gasteiger partial charge >= 0.3 is 6.18 Å². The van der Waals surface area contributed by atoms with Crippen molar-refractivity contribution < 1.29 is 18.0 Å². The number of pyridine rings is 1. The second kappa shape index (κ2) is 8.39. The molecule has 0 bridgehead atoms. The van der Waals surface area contributed by atoms with Crippen molar-refractivity contribution in [3.05, 3.63) is 103 Å². The summed E-state index contributed by atoms with van der Waals surface area (Å²) in [6.45, 7) is 0. The largest absolute Gasteiger partial charge is 0.416 e. The highest BCUT2D eigenvalue weighted by atomic mass is 19.4. The molecule has 0 radical (unpaired) electrons. The number of halogens is 3. The second-order valence-corrected chi connectivity index (χ2v) is 5.79.